The molecule has 6 atom stereocenters. The molecule has 0 aliphatic heterocycles. The molecule has 23 heavy (non-hydrogen) atoms. The molecule has 0 heterocycles. The van der Waals surface area contributed by atoms with Crippen LogP contribution in [0.3, 0.4) is 0 Å². The van der Waals surface area contributed by atoms with E-state index in [1.165, 1.54) is 38.5 Å². The molecule has 2 saturated carbocycles. The van der Waals surface area contributed by atoms with Crippen LogP contribution in [0.4, 0.5) is 0 Å². The van der Waals surface area contributed by atoms with Gasteiger partial charge in [0, 0.05) is 0 Å². The topological polar surface area (TPSA) is 0 Å². The lowest BCUT2D eigenvalue weighted by Crippen LogP contribution is -2.46. The van der Waals surface area contributed by atoms with E-state index in [1.54, 1.807) is 0 Å². The summed E-state index contributed by atoms with van der Waals surface area (Å²) in [6.07, 6.45) is 7.96. The molecule has 0 spiro atoms. The maximum atomic E-state index is 7.41. The second-order valence-corrected chi connectivity index (χ2v) is 16.7. The van der Waals surface area contributed by atoms with Crippen molar-refractivity contribution in [3.63, 3.8) is 0 Å². The zero-order valence-corrected chi connectivity index (χ0v) is 18.6. The summed E-state index contributed by atoms with van der Waals surface area (Å²) in [5.41, 5.74) is 1.21. The Hall–Kier alpha value is 0.797. The molecule has 2 rings (SSSR count). The van der Waals surface area contributed by atoms with Crippen molar-refractivity contribution in [2.45, 2.75) is 91.1 Å². The van der Waals surface area contributed by atoms with Crippen molar-refractivity contribution < 1.29 is 0 Å². The van der Waals surface area contributed by atoms with Crippen molar-refractivity contribution in [2.24, 2.45) is 35.5 Å². The van der Waals surface area contributed by atoms with Gasteiger partial charge in [-0.25, -0.2) is 0 Å². The molecule has 0 aromatic carbocycles. The highest BCUT2D eigenvalue weighted by atomic mass is 35.7. The molecule has 2 aliphatic rings. The molecule has 2 fully saturated rings. The van der Waals surface area contributed by atoms with Gasteiger partial charge in [-0.2, -0.15) is 0 Å². The summed E-state index contributed by atoms with van der Waals surface area (Å²) in [6, 6.07) is 0. The Morgan fingerprint density at radius 2 is 1.04 bits per heavy atom. The van der Waals surface area contributed by atoms with E-state index in [2.05, 4.69) is 41.5 Å². The fraction of sp³-hybridized carbons (Fsp3) is 1.00. The summed E-state index contributed by atoms with van der Waals surface area (Å²) < 4.78 is 0. The van der Waals surface area contributed by atoms with Crippen molar-refractivity contribution in [3.05, 3.63) is 0 Å². The lowest BCUT2D eigenvalue weighted by atomic mass is 9.76. The highest BCUT2D eigenvalue weighted by Gasteiger charge is 2.54. The first-order chi connectivity index (χ1) is 10.6. The fourth-order valence-electron chi connectivity index (χ4n) is 5.56. The third kappa shape index (κ3) is 4.50. The van der Waals surface area contributed by atoms with Gasteiger partial charge in [0.15, 0.2) is 0 Å². The largest absolute Gasteiger partial charge is 0.257 e. The van der Waals surface area contributed by atoms with E-state index >= 15 is 0 Å². The molecule has 0 N–H and O–H groups in total. The lowest BCUT2D eigenvalue weighted by molar-refractivity contribution is 0.209. The third-order valence-electron chi connectivity index (χ3n) is 7.03. The number of hydrogen-bond donors (Lipinski definition) is 0. The van der Waals surface area contributed by atoms with Gasteiger partial charge in [-0.05, 0) is 72.3 Å². The SMILES string of the molecule is CC1CCC(C(C)C)C([Si](Cl)(Cl)C2CC(C)CCC2C(C)C)C1. The first-order valence-electron chi connectivity index (χ1n) is 10.0. The number of halogens is 2. The summed E-state index contributed by atoms with van der Waals surface area (Å²) in [7, 11) is 0. The molecular weight excluding hydrogens is 339 g/mol. The Bertz CT molecular complexity index is 346. The predicted octanol–water partition coefficient (Wildman–Crippen LogP) is 7.83. The van der Waals surface area contributed by atoms with Crippen LogP contribution in [0.2, 0.25) is 11.1 Å². The number of hydrogen-bond acceptors (Lipinski definition) is 0. The normalized spacial score (nSPS) is 39.9. The fourth-order valence-corrected chi connectivity index (χ4v) is 12.8. The molecule has 0 radical (unpaired) electrons. The predicted molar refractivity (Wildman–Crippen MR) is 108 cm³/mol. The average Bonchev–Trinajstić information content (AvgIpc) is 2.46. The minimum atomic E-state index is -2.29. The smallest absolute Gasteiger partial charge is 0.145 e. The van der Waals surface area contributed by atoms with Crippen LogP contribution in [0, 0.1) is 35.5 Å². The zero-order valence-electron chi connectivity index (χ0n) is 16.1. The van der Waals surface area contributed by atoms with Crippen molar-refractivity contribution in [1.82, 2.24) is 0 Å². The molecule has 0 aromatic heterocycles. The van der Waals surface area contributed by atoms with E-state index in [0.717, 1.165) is 35.5 Å². The van der Waals surface area contributed by atoms with Gasteiger partial charge in [-0.1, -0.05) is 54.4 Å². The third-order valence-corrected chi connectivity index (χ3v) is 13.7. The Kier molecular flexibility index (Phi) is 7.00. The molecule has 0 amide bonds. The zero-order chi connectivity index (χ0) is 17.4. The molecule has 0 saturated heterocycles. The lowest BCUT2D eigenvalue weighted by Gasteiger charge is -2.49. The maximum absolute atomic E-state index is 7.41. The number of rotatable bonds is 4. The van der Waals surface area contributed by atoms with Gasteiger partial charge in [0.2, 0.25) is 0 Å². The van der Waals surface area contributed by atoms with Crippen LogP contribution in [0.15, 0.2) is 0 Å². The molecule has 0 aromatic rings. The molecule has 3 heteroatoms. The van der Waals surface area contributed by atoms with Gasteiger partial charge >= 0.3 is 0 Å². The van der Waals surface area contributed by atoms with Gasteiger partial charge in [0.1, 0.15) is 0 Å². The van der Waals surface area contributed by atoms with Crippen LogP contribution in [0.25, 0.3) is 0 Å². The highest BCUT2D eigenvalue weighted by molar-refractivity contribution is 7.46. The van der Waals surface area contributed by atoms with Crippen molar-refractivity contribution >= 4 is 28.9 Å². The molecule has 0 nitrogen and oxygen atoms in total. The van der Waals surface area contributed by atoms with Gasteiger partial charge < -0.3 is 0 Å². The first-order valence-corrected chi connectivity index (χ1v) is 14.2. The Morgan fingerprint density at radius 1 is 0.696 bits per heavy atom. The van der Waals surface area contributed by atoms with Crippen LogP contribution < -0.4 is 0 Å². The summed E-state index contributed by atoms with van der Waals surface area (Å²) in [5, 5.41) is 0. The van der Waals surface area contributed by atoms with E-state index in [1.807, 2.05) is 0 Å². The van der Waals surface area contributed by atoms with Crippen LogP contribution >= 0.6 is 22.2 Å². The van der Waals surface area contributed by atoms with Gasteiger partial charge in [-0.3, -0.25) is 0 Å². The van der Waals surface area contributed by atoms with Gasteiger partial charge in [-0.15, -0.1) is 22.2 Å². The van der Waals surface area contributed by atoms with Crippen LogP contribution in [0.1, 0.15) is 80.1 Å². The highest BCUT2D eigenvalue weighted by Crippen LogP contribution is 2.59. The standard InChI is InChI=1S/C20H38Cl2Si/c1-13(2)17-9-7-15(5)11-19(17)23(21,22)20-12-16(6)8-10-18(20)14(3)4/h13-20H,7-12H2,1-6H3. The molecule has 6 unspecified atom stereocenters. The van der Waals surface area contributed by atoms with E-state index in [0.29, 0.717) is 11.1 Å². The minimum absolute atomic E-state index is 0.603. The maximum Gasteiger partial charge on any atom is 0.257 e. The Labute approximate surface area is 155 Å². The first kappa shape index (κ1) is 20.1. The van der Waals surface area contributed by atoms with Crippen molar-refractivity contribution in [2.75, 3.05) is 0 Å². The monoisotopic (exact) mass is 376 g/mol. The molecular formula is C20H38Cl2Si. The molecule has 2 aliphatic carbocycles. The van der Waals surface area contributed by atoms with E-state index in [-0.39, 0.29) is 0 Å². The van der Waals surface area contributed by atoms with Crippen LogP contribution in [0.5, 0.6) is 0 Å². The summed E-state index contributed by atoms with van der Waals surface area (Å²) in [6.45, 7) is 12.1. The quantitative estimate of drug-likeness (QED) is 0.346. The summed E-state index contributed by atoms with van der Waals surface area (Å²) in [5.74, 6) is 4.54. The van der Waals surface area contributed by atoms with Gasteiger partial charge in [0.05, 0.1) is 0 Å². The molecule has 136 valence electrons. The minimum Gasteiger partial charge on any atom is -0.145 e. The second-order valence-electron chi connectivity index (χ2n) is 9.54. The van der Waals surface area contributed by atoms with Crippen molar-refractivity contribution in [1.29, 1.82) is 0 Å². The van der Waals surface area contributed by atoms with E-state index < -0.39 is 6.69 Å². The summed E-state index contributed by atoms with van der Waals surface area (Å²) in [4.78, 5) is 0. The Balaban J connectivity index is 2.28. The second kappa shape index (κ2) is 8.00. The Morgan fingerprint density at radius 3 is 1.35 bits per heavy atom. The molecule has 0 bridgehead atoms. The van der Waals surface area contributed by atoms with Gasteiger partial charge in [0.25, 0.3) is 6.69 Å². The van der Waals surface area contributed by atoms with Crippen molar-refractivity contribution in [3.8, 4) is 0 Å². The summed E-state index contributed by atoms with van der Waals surface area (Å²) >= 11 is 14.8. The van der Waals surface area contributed by atoms with E-state index in [4.69, 9.17) is 22.2 Å². The van der Waals surface area contributed by atoms with Crippen LogP contribution in [-0.4, -0.2) is 6.69 Å². The average molecular weight is 378 g/mol. The van der Waals surface area contributed by atoms with E-state index in [9.17, 15) is 0 Å². The van der Waals surface area contributed by atoms with Crippen LogP contribution in [-0.2, 0) is 0 Å².